The summed E-state index contributed by atoms with van der Waals surface area (Å²) in [7, 11) is 1.38. The molecule has 0 fully saturated rings. The van der Waals surface area contributed by atoms with E-state index in [9.17, 15) is 17.6 Å². The van der Waals surface area contributed by atoms with Gasteiger partial charge >= 0.3 is 12.2 Å². The summed E-state index contributed by atoms with van der Waals surface area (Å²) < 4.78 is 55.9. The molecule has 0 aliphatic heterocycles. The first kappa shape index (κ1) is 17.3. The van der Waals surface area contributed by atoms with E-state index >= 15 is 0 Å². The van der Waals surface area contributed by atoms with Crippen molar-refractivity contribution in [3.05, 3.63) is 46.4 Å². The van der Waals surface area contributed by atoms with Gasteiger partial charge in [0.2, 0.25) is 0 Å². The SMILES string of the molecule is COc1nc(Cl)cc(NCCc2ccc(C(F)(F)F)cc2F)n1. The van der Waals surface area contributed by atoms with Crippen LogP contribution < -0.4 is 10.1 Å². The third-order valence-corrected chi connectivity index (χ3v) is 3.13. The summed E-state index contributed by atoms with van der Waals surface area (Å²) in [6.07, 6.45) is -4.39. The minimum absolute atomic E-state index is 0.0701. The van der Waals surface area contributed by atoms with Gasteiger partial charge in [0.25, 0.3) is 0 Å². The molecule has 0 aliphatic carbocycles. The molecule has 9 heteroatoms. The molecule has 23 heavy (non-hydrogen) atoms. The van der Waals surface area contributed by atoms with Gasteiger partial charge in [-0.2, -0.15) is 23.1 Å². The summed E-state index contributed by atoms with van der Waals surface area (Å²) in [6.45, 7) is 0.249. The maximum Gasteiger partial charge on any atom is 0.416 e. The van der Waals surface area contributed by atoms with Crippen molar-refractivity contribution in [2.75, 3.05) is 19.0 Å². The maximum absolute atomic E-state index is 13.7. The second-order valence-electron chi connectivity index (χ2n) is 4.54. The molecule has 1 N–H and O–H groups in total. The summed E-state index contributed by atoms with van der Waals surface area (Å²) in [6, 6.07) is 3.98. The molecule has 0 unspecified atom stereocenters. The van der Waals surface area contributed by atoms with Crippen molar-refractivity contribution in [3.63, 3.8) is 0 Å². The Labute approximate surface area is 134 Å². The lowest BCUT2D eigenvalue weighted by atomic mass is 10.1. The normalized spacial score (nSPS) is 11.4. The largest absolute Gasteiger partial charge is 0.467 e. The van der Waals surface area contributed by atoms with Crippen molar-refractivity contribution in [3.8, 4) is 6.01 Å². The molecule has 1 heterocycles. The molecule has 0 saturated carbocycles. The van der Waals surface area contributed by atoms with E-state index in [0.29, 0.717) is 11.9 Å². The summed E-state index contributed by atoms with van der Waals surface area (Å²) in [5, 5.41) is 3.04. The highest BCUT2D eigenvalue weighted by Crippen LogP contribution is 2.30. The average Bonchev–Trinajstić information content (AvgIpc) is 2.47. The average molecular weight is 350 g/mol. The van der Waals surface area contributed by atoms with Gasteiger partial charge in [-0.3, -0.25) is 0 Å². The van der Waals surface area contributed by atoms with Gasteiger partial charge in [0.05, 0.1) is 12.7 Å². The number of hydrogen-bond acceptors (Lipinski definition) is 4. The first-order valence-corrected chi connectivity index (χ1v) is 6.85. The molecule has 2 rings (SSSR count). The third kappa shape index (κ3) is 4.69. The lowest BCUT2D eigenvalue weighted by Crippen LogP contribution is -2.10. The maximum atomic E-state index is 13.7. The van der Waals surface area contributed by atoms with Crippen LogP contribution in [0.3, 0.4) is 0 Å². The standard InChI is InChI=1S/C14H12ClF4N3O/c1-23-13-21-11(15)7-12(22-13)20-5-4-8-2-3-9(6-10(8)16)14(17,18)19/h2-3,6-7H,4-5H2,1H3,(H,20,21,22). The first-order valence-electron chi connectivity index (χ1n) is 6.47. The number of aromatic nitrogens is 2. The first-order chi connectivity index (χ1) is 10.8. The topological polar surface area (TPSA) is 47.0 Å². The Morgan fingerprint density at radius 3 is 2.57 bits per heavy atom. The highest BCUT2D eigenvalue weighted by Gasteiger charge is 2.31. The van der Waals surface area contributed by atoms with Crippen molar-refractivity contribution >= 4 is 17.4 Å². The Balaban J connectivity index is 2.00. The molecular formula is C14H12ClF4N3O. The van der Waals surface area contributed by atoms with Crippen LogP contribution in [-0.4, -0.2) is 23.6 Å². The zero-order valence-electron chi connectivity index (χ0n) is 11.9. The number of nitrogens with zero attached hydrogens (tertiary/aromatic N) is 2. The molecule has 1 aromatic carbocycles. The minimum Gasteiger partial charge on any atom is -0.467 e. The quantitative estimate of drug-likeness (QED) is 0.656. The lowest BCUT2D eigenvalue weighted by molar-refractivity contribution is -0.137. The molecule has 0 atom stereocenters. The van der Waals surface area contributed by atoms with Gasteiger partial charge in [-0.15, -0.1) is 0 Å². The lowest BCUT2D eigenvalue weighted by Gasteiger charge is -2.10. The van der Waals surface area contributed by atoms with E-state index in [2.05, 4.69) is 15.3 Å². The predicted octanol–water partition coefficient (Wildman–Crippen LogP) is 3.95. The fourth-order valence-electron chi connectivity index (χ4n) is 1.83. The van der Waals surface area contributed by atoms with E-state index in [0.717, 1.165) is 12.1 Å². The van der Waals surface area contributed by atoms with Crippen molar-refractivity contribution < 1.29 is 22.3 Å². The Hall–Kier alpha value is -2.09. The molecule has 0 spiro atoms. The van der Waals surface area contributed by atoms with E-state index in [4.69, 9.17) is 16.3 Å². The van der Waals surface area contributed by atoms with Crippen LogP contribution in [0.1, 0.15) is 11.1 Å². The Bertz CT molecular complexity index is 694. The van der Waals surface area contributed by atoms with E-state index in [1.807, 2.05) is 0 Å². The predicted molar refractivity (Wildman–Crippen MR) is 77.2 cm³/mol. The van der Waals surface area contributed by atoms with Gasteiger partial charge in [0.15, 0.2) is 0 Å². The molecule has 2 aromatic rings. The van der Waals surface area contributed by atoms with Crippen LogP contribution in [0.25, 0.3) is 0 Å². The van der Waals surface area contributed by atoms with Crippen LogP contribution in [0.5, 0.6) is 6.01 Å². The van der Waals surface area contributed by atoms with Gasteiger partial charge in [0, 0.05) is 12.6 Å². The van der Waals surface area contributed by atoms with Gasteiger partial charge < -0.3 is 10.1 Å². The smallest absolute Gasteiger partial charge is 0.416 e. The monoisotopic (exact) mass is 349 g/mol. The molecule has 1 aromatic heterocycles. The zero-order chi connectivity index (χ0) is 17.0. The molecule has 0 radical (unpaired) electrons. The van der Waals surface area contributed by atoms with Crippen LogP contribution in [0.4, 0.5) is 23.4 Å². The Morgan fingerprint density at radius 2 is 1.96 bits per heavy atom. The van der Waals surface area contributed by atoms with Crippen molar-refractivity contribution in [2.24, 2.45) is 0 Å². The van der Waals surface area contributed by atoms with E-state index < -0.39 is 17.6 Å². The van der Waals surface area contributed by atoms with Crippen LogP contribution in [0.15, 0.2) is 24.3 Å². The minimum atomic E-state index is -4.56. The van der Waals surface area contributed by atoms with Crippen molar-refractivity contribution in [1.82, 2.24) is 9.97 Å². The van der Waals surface area contributed by atoms with Crippen molar-refractivity contribution in [2.45, 2.75) is 12.6 Å². The number of nitrogens with one attached hydrogen (secondary N) is 1. The van der Waals surface area contributed by atoms with E-state index in [1.165, 1.54) is 13.2 Å². The summed E-state index contributed by atoms with van der Waals surface area (Å²) in [4.78, 5) is 7.77. The highest BCUT2D eigenvalue weighted by molar-refractivity contribution is 6.29. The molecule has 0 aliphatic rings. The van der Waals surface area contributed by atoms with Gasteiger partial charge in [0.1, 0.15) is 16.8 Å². The number of ether oxygens (including phenoxy) is 1. The number of halogens is 5. The van der Waals surface area contributed by atoms with Gasteiger partial charge in [-0.25, -0.2) is 4.39 Å². The molecule has 0 saturated heterocycles. The summed E-state index contributed by atoms with van der Waals surface area (Å²) >= 11 is 5.77. The fourth-order valence-corrected chi connectivity index (χ4v) is 2.01. The van der Waals surface area contributed by atoms with E-state index in [-0.39, 0.29) is 29.7 Å². The molecule has 0 amide bonds. The van der Waals surface area contributed by atoms with Gasteiger partial charge in [-0.05, 0) is 24.1 Å². The highest BCUT2D eigenvalue weighted by atomic mass is 35.5. The number of hydrogen-bond donors (Lipinski definition) is 1. The van der Waals surface area contributed by atoms with E-state index in [1.54, 1.807) is 0 Å². The number of rotatable bonds is 5. The van der Waals surface area contributed by atoms with Crippen molar-refractivity contribution in [1.29, 1.82) is 0 Å². The number of alkyl halides is 3. The number of anilines is 1. The Morgan fingerprint density at radius 1 is 1.22 bits per heavy atom. The number of methoxy groups -OCH3 is 1. The van der Waals surface area contributed by atoms with Crippen LogP contribution >= 0.6 is 11.6 Å². The van der Waals surface area contributed by atoms with Gasteiger partial charge in [-0.1, -0.05) is 17.7 Å². The third-order valence-electron chi connectivity index (χ3n) is 2.94. The second-order valence-corrected chi connectivity index (χ2v) is 4.93. The zero-order valence-corrected chi connectivity index (χ0v) is 12.7. The summed E-state index contributed by atoms with van der Waals surface area (Å²) in [5.41, 5.74) is -0.850. The van der Waals surface area contributed by atoms with Crippen LogP contribution in [0, 0.1) is 5.82 Å². The molecule has 124 valence electrons. The Kier molecular flexibility index (Phi) is 5.25. The summed E-state index contributed by atoms with van der Waals surface area (Å²) in [5.74, 6) is -0.533. The number of benzene rings is 1. The molecular weight excluding hydrogens is 338 g/mol. The molecule has 4 nitrogen and oxygen atoms in total. The van der Waals surface area contributed by atoms with Crippen LogP contribution in [0.2, 0.25) is 5.15 Å². The molecule has 0 bridgehead atoms. The second kappa shape index (κ2) is 6.99. The fraction of sp³-hybridized carbons (Fsp3) is 0.286. The van der Waals surface area contributed by atoms with Crippen LogP contribution in [-0.2, 0) is 12.6 Å².